The number of nitriles is 1. The van der Waals surface area contributed by atoms with Gasteiger partial charge in [0.15, 0.2) is 0 Å². The highest BCUT2D eigenvalue weighted by Crippen LogP contribution is 2.23. The molecule has 0 saturated carbocycles. The molecule has 0 aliphatic heterocycles. The zero-order chi connectivity index (χ0) is 18.4. The van der Waals surface area contributed by atoms with Gasteiger partial charge in [0, 0.05) is 22.6 Å². The molecule has 2 rings (SSSR count). The zero-order valence-corrected chi connectivity index (χ0v) is 15.2. The van der Waals surface area contributed by atoms with Crippen molar-refractivity contribution < 1.29 is 4.79 Å². The predicted octanol–water partition coefficient (Wildman–Crippen LogP) is 5.23. The summed E-state index contributed by atoms with van der Waals surface area (Å²) in [4.78, 5) is 12.3. The van der Waals surface area contributed by atoms with E-state index in [4.69, 9.17) is 11.6 Å². The standard InChI is InChI=1S/C20H20ClN3O/c1-13(2)15-7-9-17(10-8-15)24-20(25)16(11-22)12-23-19-6-4-5-18(21)14(19)3/h4-10,12-13,23H,1-3H3,(H,24,25)/b16-12-. The van der Waals surface area contributed by atoms with E-state index in [0.717, 1.165) is 11.3 Å². The van der Waals surface area contributed by atoms with Gasteiger partial charge in [-0.1, -0.05) is 43.6 Å². The largest absolute Gasteiger partial charge is 0.360 e. The molecule has 0 aromatic heterocycles. The maximum atomic E-state index is 12.3. The molecule has 0 radical (unpaired) electrons. The van der Waals surface area contributed by atoms with Crippen LogP contribution in [0.1, 0.15) is 30.9 Å². The van der Waals surface area contributed by atoms with Gasteiger partial charge in [-0.05, 0) is 48.2 Å². The fourth-order valence-electron chi connectivity index (χ4n) is 2.21. The molecular weight excluding hydrogens is 334 g/mol. The van der Waals surface area contributed by atoms with Gasteiger partial charge in [0.2, 0.25) is 0 Å². The van der Waals surface area contributed by atoms with Gasteiger partial charge < -0.3 is 10.6 Å². The van der Waals surface area contributed by atoms with Gasteiger partial charge in [-0.25, -0.2) is 0 Å². The van der Waals surface area contributed by atoms with Crippen LogP contribution in [0, 0.1) is 18.3 Å². The summed E-state index contributed by atoms with van der Waals surface area (Å²) in [6.45, 7) is 6.07. The van der Waals surface area contributed by atoms with E-state index < -0.39 is 5.91 Å². The van der Waals surface area contributed by atoms with E-state index in [0.29, 0.717) is 16.6 Å². The Morgan fingerprint density at radius 3 is 2.48 bits per heavy atom. The Morgan fingerprint density at radius 2 is 1.88 bits per heavy atom. The number of hydrogen-bond acceptors (Lipinski definition) is 3. The molecule has 1 amide bonds. The van der Waals surface area contributed by atoms with Crippen LogP contribution in [-0.2, 0) is 4.79 Å². The van der Waals surface area contributed by atoms with Crippen LogP contribution >= 0.6 is 11.6 Å². The average molecular weight is 354 g/mol. The van der Waals surface area contributed by atoms with E-state index >= 15 is 0 Å². The lowest BCUT2D eigenvalue weighted by Gasteiger charge is -2.09. The Bertz CT molecular complexity index is 833. The zero-order valence-electron chi connectivity index (χ0n) is 14.4. The fraction of sp³-hybridized carbons (Fsp3) is 0.200. The van der Waals surface area contributed by atoms with Crippen molar-refractivity contribution in [3.63, 3.8) is 0 Å². The number of carbonyl (C=O) groups excluding carboxylic acids is 1. The highest BCUT2D eigenvalue weighted by molar-refractivity contribution is 6.31. The molecule has 0 aliphatic rings. The second-order valence-corrected chi connectivity index (χ2v) is 6.36. The van der Waals surface area contributed by atoms with Gasteiger partial charge in [-0.2, -0.15) is 5.26 Å². The van der Waals surface area contributed by atoms with Gasteiger partial charge >= 0.3 is 0 Å². The first-order chi connectivity index (χ1) is 11.9. The maximum Gasteiger partial charge on any atom is 0.267 e. The monoisotopic (exact) mass is 353 g/mol. The van der Waals surface area contributed by atoms with Crippen LogP contribution in [0.3, 0.4) is 0 Å². The van der Waals surface area contributed by atoms with E-state index in [2.05, 4.69) is 24.5 Å². The number of rotatable bonds is 5. The lowest BCUT2D eigenvalue weighted by molar-refractivity contribution is -0.112. The minimum atomic E-state index is -0.466. The molecule has 0 heterocycles. The molecule has 0 unspecified atom stereocenters. The van der Waals surface area contributed by atoms with Crippen molar-refractivity contribution in [3.05, 3.63) is 70.4 Å². The number of benzene rings is 2. The van der Waals surface area contributed by atoms with Gasteiger partial charge in [-0.15, -0.1) is 0 Å². The highest BCUT2D eigenvalue weighted by atomic mass is 35.5. The Kier molecular flexibility index (Phi) is 6.21. The molecule has 2 aromatic rings. The Balaban J connectivity index is 2.10. The molecule has 0 bridgehead atoms. The summed E-state index contributed by atoms with van der Waals surface area (Å²) in [5, 5.41) is 15.6. The topological polar surface area (TPSA) is 64.9 Å². The third-order valence-electron chi connectivity index (χ3n) is 3.84. The van der Waals surface area contributed by atoms with Crippen LogP contribution in [0.5, 0.6) is 0 Å². The van der Waals surface area contributed by atoms with Crippen molar-refractivity contribution in [2.24, 2.45) is 0 Å². The summed E-state index contributed by atoms with van der Waals surface area (Å²) in [5.74, 6) is -0.0450. The number of carbonyl (C=O) groups is 1. The van der Waals surface area contributed by atoms with Crippen LogP contribution in [0.2, 0.25) is 5.02 Å². The molecule has 128 valence electrons. The van der Waals surface area contributed by atoms with Crippen LogP contribution < -0.4 is 10.6 Å². The quantitative estimate of drug-likeness (QED) is 0.571. The summed E-state index contributed by atoms with van der Waals surface area (Å²) in [6.07, 6.45) is 1.39. The second-order valence-electron chi connectivity index (χ2n) is 5.96. The molecule has 0 aliphatic carbocycles. The minimum Gasteiger partial charge on any atom is -0.360 e. The summed E-state index contributed by atoms with van der Waals surface area (Å²) in [6, 6.07) is 14.9. The molecule has 0 spiro atoms. The molecule has 0 fully saturated rings. The minimum absolute atomic E-state index is 0.0210. The fourth-order valence-corrected chi connectivity index (χ4v) is 2.39. The van der Waals surface area contributed by atoms with Crippen LogP contribution in [0.15, 0.2) is 54.2 Å². The lowest BCUT2D eigenvalue weighted by Crippen LogP contribution is -2.14. The van der Waals surface area contributed by atoms with E-state index in [-0.39, 0.29) is 5.57 Å². The average Bonchev–Trinajstić information content (AvgIpc) is 2.59. The Labute approximate surface area is 153 Å². The predicted molar refractivity (Wildman–Crippen MR) is 103 cm³/mol. The van der Waals surface area contributed by atoms with Crippen molar-refractivity contribution in [2.75, 3.05) is 10.6 Å². The Morgan fingerprint density at radius 1 is 1.20 bits per heavy atom. The summed E-state index contributed by atoms with van der Waals surface area (Å²) >= 11 is 6.06. The maximum absolute atomic E-state index is 12.3. The third kappa shape index (κ3) is 4.85. The first-order valence-electron chi connectivity index (χ1n) is 7.95. The first kappa shape index (κ1) is 18.6. The Hall–Kier alpha value is -2.77. The van der Waals surface area contributed by atoms with Crippen LogP contribution in [0.4, 0.5) is 11.4 Å². The van der Waals surface area contributed by atoms with Crippen LogP contribution in [-0.4, -0.2) is 5.91 Å². The van der Waals surface area contributed by atoms with Gasteiger partial charge in [0.1, 0.15) is 11.6 Å². The van der Waals surface area contributed by atoms with Crippen LogP contribution in [0.25, 0.3) is 0 Å². The normalized spacial score (nSPS) is 11.1. The van der Waals surface area contributed by atoms with E-state index in [1.54, 1.807) is 12.1 Å². The second kappa shape index (κ2) is 8.36. The van der Waals surface area contributed by atoms with Gasteiger partial charge in [0.05, 0.1) is 0 Å². The third-order valence-corrected chi connectivity index (χ3v) is 4.25. The SMILES string of the molecule is Cc1c(Cl)cccc1N/C=C(/C#N)C(=O)Nc1ccc(C(C)C)cc1. The van der Waals surface area contributed by atoms with Gasteiger partial charge in [0.25, 0.3) is 5.91 Å². The number of nitrogens with zero attached hydrogens (tertiary/aromatic N) is 1. The summed E-state index contributed by atoms with van der Waals surface area (Å²) < 4.78 is 0. The molecule has 4 nitrogen and oxygen atoms in total. The van der Waals surface area contributed by atoms with Gasteiger partial charge in [-0.3, -0.25) is 4.79 Å². The first-order valence-corrected chi connectivity index (χ1v) is 8.33. The molecule has 0 saturated heterocycles. The molecule has 0 atom stereocenters. The molecule has 25 heavy (non-hydrogen) atoms. The molecule has 2 N–H and O–H groups in total. The van der Waals surface area contributed by atoms with E-state index in [1.807, 2.05) is 43.3 Å². The number of amides is 1. The highest BCUT2D eigenvalue weighted by Gasteiger charge is 2.10. The smallest absolute Gasteiger partial charge is 0.267 e. The van der Waals surface area contributed by atoms with E-state index in [1.165, 1.54) is 11.8 Å². The lowest BCUT2D eigenvalue weighted by atomic mass is 10.0. The molecule has 5 heteroatoms. The molecule has 2 aromatic carbocycles. The summed E-state index contributed by atoms with van der Waals surface area (Å²) in [5.41, 5.74) is 3.41. The molecular formula is C20H20ClN3O. The number of hydrogen-bond donors (Lipinski definition) is 2. The summed E-state index contributed by atoms with van der Waals surface area (Å²) in [7, 11) is 0. The van der Waals surface area contributed by atoms with E-state index in [9.17, 15) is 10.1 Å². The van der Waals surface area contributed by atoms with Crippen molar-refractivity contribution in [2.45, 2.75) is 26.7 Å². The number of halogens is 1. The number of nitrogens with one attached hydrogen (secondary N) is 2. The van der Waals surface area contributed by atoms with Crippen molar-refractivity contribution >= 4 is 28.9 Å². The van der Waals surface area contributed by atoms with Crippen molar-refractivity contribution in [3.8, 4) is 6.07 Å². The van der Waals surface area contributed by atoms with Crippen molar-refractivity contribution in [1.82, 2.24) is 0 Å². The number of anilines is 2. The van der Waals surface area contributed by atoms with Crippen molar-refractivity contribution in [1.29, 1.82) is 5.26 Å².